The summed E-state index contributed by atoms with van der Waals surface area (Å²) in [6.07, 6.45) is 6.51. The molecule has 0 radical (unpaired) electrons. The molecule has 1 aliphatic rings. The highest BCUT2D eigenvalue weighted by Crippen LogP contribution is 2.22. The number of hydrogen-bond acceptors (Lipinski definition) is 4. The van der Waals surface area contributed by atoms with Gasteiger partial charge >= 0.3 is 0 Å². The maximum Gasteiger partial charge on any atom is 0.241 e. The summed E-state index contributed by atoms with van der Waals surface area (Å²) >= 11 is 0. The summed E-state index contributed by atoms with van der Waals surface area (Å²) < 4.78 is 0. The summed E-state index contributed by atoms with van der Waals surface area (Å²) in [5, 5.41) is 6.58. The minimum absolute atomic E-state index is 0.0231. The van der Waals surface area contributed by atoms with E-state index in [0.717, 1.165) is 18.1 Å². The molecule has 0 aromatic carbocycles. The van der Waals surface area contributed by atoms with Crippen LogP contribution < -0.4 is 15.5 Å². The van der Waals surface area contributed by atoms with Gasteiger partial charge in [-0.1, -0.05) is 25.3 Å². The summed E-state index contributed by atoms with van der Waals surface area (Å²) in [5.41, 5.74) is 0.902. The average Bonchev–Trinajstić information content (AvgIpc) is 2.68. The Labute approximate surface area is 163 Å². The van der Waals surface area contributed by atoms with Crippen molar-refractivity contribution in [1.29, 1.82) is 0 Å². The number of pyridine rings is 1. The minimum Gasteiger partial charge on any atom is -0.363 e. The van der Waals surface area contributed by atoms with Crippen LogP contribution >= 0.6 is 0 Å². The second kappa shape index (κ2) is 10.7. The van der Waals surface area contributed by atoms with Crippen molar-refractivity contribution in [3.8, 4) is 0 Å². The molecule has 1 aromatic rings. The lowest BCUT2D eigenvalue weighted by Gasteiger charge is -2.23. The van der Waals surface area contributed by atoms with Crippen LogP contribution in [0.4, 0.5) is 5.82 Å². The van der Waals surface area contributed by atoms with Gasteiger partial charge < -0.3 is 20.4 Å². The van der Waals surface area contributed by atoms with E-state index in [-0.39, 0.29) is 12.5 Å². The Kier molecular flexibility index (Phi) is 8.36. The monoisotopic (exact) mass is 374 g/mol. The number of hydrogen-bond donors (Lipinski definition) is 2. The topological polar surface area (TPSA) is 72.9 Å². The number of amides is 1. The van der Waals surface area contributed by atoms with Gasteiger partial charge in [0.2, 0.25) is 5.91 Å². The van der Waals surface area contributed by atoms with Crippen LogP contribution in [0.25, 0.3) is 0 Å². The number of carbonyl (C=O) groups is 1. The van der Waals surface area contributed by atoms with E-state index in [9.17, 15) is 4.79 Å². The third-order valence-electron chi connectivity index (χ3n) is 4.84. The quantitative estimate of drug-likeness (QED) is 0.563. The third kappa shape index (κ3) is 7.45. The van der Waals surface area contributed by atoms with Crippen LogP contribution in [0.2, 0.25) is 0 Å². The predicted octanol–water partition coefficient (Wildman–Crippen LogP) is 1.85. The highest BCUT2D eigenvalue weighted by Gasteiger charge is 2.14. The van der Waals surface area contributed by atoms with Crippen molar-refractivity contribution in [1.82, 2.24) is 20.5 Å². The first-order chi connectivity index (χ1) is 13.0. The van der Waals surface area contributed by atoms with Crippen molar-refractivity contribution in [3.63, 3.8) is 0 Å². The number of likely N-dealkylation sites (N-methyl/N-ethyl adjacent to an activating group) is 1. The lowest BCUT2D eigenvalue weighted by Crippen LogP contribution is -2.44. The SMILES string of the molecule is CN(C)C(=O)CNC(=NCc1cccc(N(C)C)n1)NCC1CCCCC1. The van der Waals surface area contributed by atoms with Gasteiger partial charge in [0.1, 0.15) is 5.82 Å². The van der Waals surface area contributed by atoms with Gasteiger partial charge in [0.05, 0.1) is 18.8 Å². The number of anilines is 1. The van der Waals surface area contributed by atoms with Gasteiger partial charge in [-0.3, -0.25) is 4.79 Å². The van der Waals surface area contributed by atoms with Crippen molar-refractivity contribution in [2.45, 2.75) is 38.6 Å². The molecule has 7 nitrogen and oxygen atoms in total. The van der Waals surface area contributed by atoms with E-state index >= 15 is 0 Å². The van der Waals surface area contributed by atoms with Crippen LogP contribution in [0.3, 0.4) is 0 Å². The molecule has 1 aliphatic carbocycles. The zero-order chi connectivity index (χ0) is 19.6. The number of rotatable bonds is 7. The molecule has 7 heteroatoms. The normalized spacial score (nSPS) is 15.3. The van der Waals surface area contributed by atoms with Crippen molar-refractivity contribution in [3.05, 3.63) is 23.9 Å². The Bertz CT molecular complexity index is 623. The molecule has 1 fully saturated rings. The highest BCUT2D eigenvalue weighted by molar-refractivity contribution is 5.86. The first-order valence-electron chi connectivity index (χ1n) is 9.81. The number of carbonyl (C=O) groups excluding carboxylic acids is 1. The van der Waals surface area contributed by atoms with Gasteiger partial charge in [-0.05, 0) is 30.9 Å². The summed E-state index contributed by atoms with van der Waals surface area (Å²) in [4.78, 5) is 24.7. The Morgan fingerprint density at radius 1 is 1.15 bits per heavy atom. The van der Waals surface area contributed by atoms with Crippen molar-refractivity contribution >= 4 is 17.7 Å². The van der Waals surface area contributed by atoms with E-state index < -0.39 is 0 Å². The smallest absolute Gasteiger partial charge is 0.241 e. The highest BCUT2D eigenvalue weighted by atomic mass is 16.2. The first-order valence-corrected chi connectivity index (χ1v) is 9.81. The van der Waals surface area contributed by atoms with Crippen LogP contribution in [0.5, 0.6) is 0 Å². The van der Waals surface area contributed by atoms with Crippen LogP contribution in [-0.4, -0.2) is 63.0 Å². The summed E-state index contributed by atoms with van der Waals surface area (Å²) in [6.45, 7) is 1.60. The van der Waals surface area contributed by atoms with Crippen LogP contribution in [0.1, 0.15) is 37.8 Å². The molecule has 2 rings (SSSR count). The third-order valence-corrected chi connectivity index (χ3v) is 4.84. The molecule has 1 amide bonds. The standard InChI is InChI=1S/C20H34N6O/c1-25(2)18-12-8-11-17(24-18)14-22-20(23-15-19(27)26(3)4)21-13-16-9-6-5-7-10-16/h8,11-12,16H,5-7,9-10,13-15H2,1-4H3,(H2,21,22,23). The molecule has 0 bridgehead atoms. The van der Waals surface area contributed by atoms with E-state index in [0.29, 0.717) is 18.4 Å². The zero-order valence-corrected chi connectivity index (χ0v) is 17.2. The van der Waals surface area contributed by atoms with Crippen molar-refractivity contribution in [2.24, 2.45) is 10.9 Å². The summed E-state index contributed by atoms with van der Waals surface area (Å²) in [7, 11) is 7.46. The zero-order valence-electron chi connectivity index (χ0n) is 17.2. The molecule has 1 saturated carbocycles. The Morgan fingerprint density at radius 2 is 1.89 bits per heavy atom. The molecule has 0 unspecified atom stereocenters. The molecule has 0 atom stereocenters. The summed E-state index contributed by atoms with van der Waals surface area (Å²) in [6, 6.07) is 5.94. The second-order valence-electron chi connectivity index (χ2n) is 7.57. The molecule has 0 spiro atoms. The number of aromatic nitrogens is 1. The maximum absolute atomic E-state index is 11.9. The lowest BCUT2D eigenvalue weighted by molar-refractivity contribution is -0.127. The Balaban J connectivity index is 1.99. The fourth-order valence-corrected chi connectivity index (χ4v) is 3.09. The molecule has 1 aromatic heterocycles. The number of nitrogens with one attached hydrogen (secondary N) is 2. The van der Waals surface area contributed by atoms with Crippen LogP contribution in [0.15, 0.2) is 23.2 Å². The maximum atomic E-state index is 11.9. The molecular formula is C20H34N6O. The van der Waals surface area contributed by atoms with Crippen LogP contribution in [-0.2, 0) is 11.3 Å². The van der Waals surface area contributed by atoms with Crippen molar-refractivity contribution in [2.75, 3.05) is 46.2 Å². The fraction of sp³-hybridized carbons (Fsp3) is 0.650. The molecule has 1 heterocycles. The Morgan fingerprint density at radius 3 is 2.56 bits per heavy atom. The van der Waals surface area contributed by atoms with E-state index in [1.165, 1.54) is 32.1 Å². The molecule has 150 valence electrons. The van der Waals surface area contributed by atoms with Gasteiger partial charge in [-0.15, -0.1) is 0 Å². The van der Waals surface area contributed by atoms with Gasteiger partial charge in [-0.25, -0.2) is 9.98 Å². The van der Waals surface area contributed by atoms with E-state index in [1.54, 1.807) is 19.0 Å². The molecule has 27 heavy (non-hydrogen) atoms. The average molecular weight is 375 g/mol. The second-order valence-corrected chi connectivity index (χ2v) is 7.57. The number of nitrogens with zero attached hydrogens (tertiary/aromatic N) is 4. The largest absolute Gasteiger partial charge is 0.363 e. The van der Waals surface area contributed by atoms with Crippen LogP contribution in [0, 0.1) is 5.92 Å². The van der Waals surface area contributed by atoms with Gasteiger partial charge in [0.25, 0.3) is 0 Å². The van der Waals surface area contributed by atoms with E-state index in [2.05, 4.69) is 20.6 Å². The minimum atomic E-state index is 0.0231. The van der Waals surface area contributed by atoms with Gasteiger partial charge in [0, 0.05) is 34.7 Å². The van der Waals surface area contributed by atoms with E-state index in [1.807, 2.05) is 37.2 Å². The van der Waals surface area contributed by atoms with Gasteiger partial charge in [0.15, 0.2) is 5.96 Å². The number of guanidine groups is 1. The fourth-order valence-electron chi connectivity index (χ4n) is 3.09. The van der Waals surface area contributed by atoms with Crippen molar-refractivity contribution < 1.29 is 4.79 Å². The number of aliphatic imine (C=N–C) groups is 1. The first kappa shape index (κ1) is 21.0. The summed E-state index contributed by atoms with van der Waals surface area (Å²) in [5.74, 6) is 2.29. The Hall–Kier alpha value is -2.31. The molecule has 0 saturated heterocycles. The predicted molar refractivity (Wildman–Crippen MR) is 111 cm³/mol. The molecular weight excluding hydrogens is 340 g/mol. The molecule has 0 aliphatic heterocycles. The lowest BCUT2D eigenvalue weighted by atomic mass is 9.89. The van der Waals surface area contributed by atoms with E-state index in [4.69, 9.17) is 0 Å². The molecule has 2 N–H and O–H groups in total. The van der Waals surface area contributed by atoms with Gasteiger partial charge in [-0.2, -0.15) is 0 Å².